The van der Waals surface area contributed by atoms with Crippen LogP contribution in [0.25, 0.3) is 0 Å². The third-order valence-electron chi connectivity index (χ3n) is 5.84. The minimum atomic E-state index is -0.186. The molecule has 0 spiro atoms. The molecule has 6 heteroatoms. The zero-order chi connectivity index (χ0) is 22.9. The first-order valence-corrected chi connectivity index (χ1v) is 11.5. The molecule has 6 nitrogen and oxygen atoms in total. The van der Waals surface area contributed by atoms with Gasteiger partial charge in [-0.05, 0) is 42.2 Å². The number of hydroxylamine groups is 2. The predicted molar refractivity (Wildman–Crippen MR) is 129 cm³/mol. The fourth-order valence-electron chi connectivity index (χ4n) is 4.02. The van der Waals surface area contributed by atoms with Gasteiger partial charge in [0.15, 0.2) is 0 Å². The van der Waals surface area contributed by atoms with Crippen LogP contribution in [-0.2, 0) is 27.3 Å². The molecule has 1 heterocycles. The van der Waals surface area contributed by atoms with Gasteiger partial charge in [0, 0.05) is 57.8 Å². The summed E-state index contributed by atoms with van der Waals surface area (Å²) in [6.07, 6.45) is 3.26. The van der Waals surface area contributed by atoms with Gasteiger partial charge in [0.25, 0.3) is 0 Å². The highest BCUT2D eigenvalue weighted by Gasteiger charge is 2.20. The number of hydrogen-bond acceptors (Lipinski definition) is 6. The first-order valence-electron chi connectivity index (χ1n) is 11.5. The molecule has 0 unspecified atom stereocenters. The molecule has 2 aromatic carbocycles. The monoisotopic (exact) mass is 437 g/mol. The molecule has 0 bridgehead atoms. The van der Waals surface area contributed by atoms with Crippen LogP contribution in [-0.4, -0.2) is 57.1 Å². The molecule has 1 saturated heterocycles. The van der Waals surface area contributed by atoms with E-state index in [9.17, 15) is 9.59 Å². The maximum atomic E-state index is 12.5. The zero-order valence-corrected chi connectivity index (χ0v) is 19.5. The molecule has 0 atom stereocenters. The highest BCUT2D eigenvalue weighted by Crippen LogP contribution is 2.21. The number of nitrogens with zero attached hydrogens (tertiary/aromatic N) is 3. The Labute approximate surface area is 191 Å². The van der Waals surface area contributed by atoms with E-state index in [1.165, 1.54) is 11.3 Å². The van der Waals surface area contributed by atoms with E-state index in [1.54, 1.807) is 12.0 Å². The molecule has 0 aromatic heterocycles. The molecular formula is C26H35N3O3. The lowest BCUT2D eigenvalue weighted by atomic mass is 10.0. The number of rotatable bonds is 10. The second kappa shape index (κ2) is 11.7. The van der Waals surface area contributed by atoms with Gasteiger partial charge in [0.05, 0.1) is 13.1 Å². The van der Waals surface area contributed by atoms with Crippen molar-refractivity contribution in [2.24, 2.45) is 0 Å². The minimum Gasteiger partial charge on any atom is -0.377 e. The molecule has 0 amide bonds. The van der Waals surface area contributed by atoms with Gasteiger partial charge < -0.3 is 14.6 Å². The second-order valence-corrected chi connectivity index (χ2v) is 8.49. The quantitative estimate of drug-likeness (QED) is 0.562. The molecule has 0 aliphatic carbocycles. The van der Waals surface area contributed by atoms with Gasteiger partial charge in [-0.2, -0.15) is 0 Å². The van der Waals surface area contributed by atoms with Crippen LogP contribution in [0.5, 0.6) is 0 Å². The number of benzene rings is 2. The van der Waals surface area contributed by atoms with Crippen LogP contribution in [0.1, 0.15) is 37.3 Å². The summed E-state index contributed by atoms with van der Waals surface area (Å²) in [5.74, 6) is 0.0980. The van der Waals surface area contributed by atoms with Gasteiger partial charge in [-0.1, -0.05) is 37.3 Å². The van der Waals surface area contributed by atoms with Crippen molar-refractivity contribution in [2.75, 3.05) is 50.1 Å². The van der Waals surface area contributed by atoms with Gasteiger partial charge in [0.2, 0.25) is 0 Å². The number of hydrogen-bond donors (Lipinski definition) is 0. The Kier molecular flexibility index (Phi) is 8.68. The molecule has 2 aromatic rings. The van der Waals surface area contributed by atoms with Crippen molar-refractivity contribution in [3.05, 3.63) is 59.7 Å². The Bertz CT molecular complexity index is 887. The van der Waals surface area contributed by atoms with Crippen molar-refractivity contribution in [1.82, 2.24) is 5.06 Å². The number of para-hydroxylation sites is 1. The van der Waals surface area contributed by atoms with Crippen molar-refractivity contribution >= 4 is 23.1 Å². The first-order chi connectivity index (χ1) is 15.5. The van der Waals surface area contributed by atoms with Crippen molar-refractivity contribution in [1.29, 1.82) is 0 Å². The Morgan fingerprint density at radius 2 is 1.66 bits per heavy atom. The summed E-state index contributed by atoms with van der Waals surface area (Å²) in [5.41, 5.74) is 4.71. The highest BCUT2D eigenvalue weighted by molar-refractivity contribution is 5.81. The molecule has 0 radical (unpaired) electrons. The predicted octanol–water partition coefficient (Wildman–Crippen LogP) is 3.88. The number of anilines is 2. The van der Waals surface area contributed by atoms with E-state index in [1.807, 2.05) is 0 Å². The number of aryl methyl sites for hydroxylation is 1. The van der Waals surface area contributed by atoms with Gasteiger partial charge in [-0.25, -0.2) is 0 Å². The number of carbonyl (C=O) groups is 2. The lowest BCUT2D eigenvalue weighted by Gasteiger charge is -2.34. The standard InChI is InChI=1S/C26H35N3O3/c1-4-26(31)32-29-18-16-28(17-19-29)23-14-12-21(13-15-23)20-24(30)10-7-9-22-8-5-6-11-25(22)27(2)3/h5-6,8,11-15H,4,7,9-10,16-20H2,1-3H3. The average Bonchev–Trinajstić information content (AvgIpc) is 2.80. The first kappa shape index (κ1) is 23.8. The summed E-state index contributed by atoms with van der Waals surface area (Å²) in [4.78, 5) is 33.6. The maximum absolute atomic E-state index is 12.5. The van der Waals surface area contributed by atoms with E-state index in [4.69, 9.17) is 4.84 Å². The van der Waals surface area contributed by atoms with Crippen LogP contribution >= 0.6 is 0 Å². The Morgan fingerprint density at radius 1 is 0.969 bits per heavy atom. The van der Waals surface area contributed by atoms with Crippen LogP contribution in [0.3, 0.4) is 0 Å². The SMILES string of the molecule is CCC(=O)ON1CCN(c2ccc(CC(=O)CCCc3ccccc3N(C)C)cc2)CC1. The molecule has 0 N–H and O–H groups in total. The van der Waals surface area contributed by atoms with Gasteiger partial charge in [-0.15, -0.1) is 5.06 Å². The summed E-state index contributed by atoms with van der Waals surface area (Å²) in [6, 6.07) is 16.7. The van der Waals surface area contributed by atoms with E-state index >= 15 is 0 Å². The molecule has 172 valence electrons. The number of piperazine rings is 1. The Morgan fingerprint density at radius 3 is 2.31 bits per heavy atom. The van der Waals surface area contributed by atoms with Crippen LogP contribution in [0, 0.1) is 0 Å². The van der Waals surface area contributed by atoms with Crippen LogP contribution < -0.4 is 9.80 Å². The second-order valence-electron chi connectivity index (χ2n) is 8.49. The van der Waals surface area contributed by atoms with Crippen LogP contribution in [0.2, 0.25) is 0 Å². The van der Waals surface area contributed by atoms with Gasteiger partial charge in [0.1, 0.15) is 5.78 Å². The summed E-state index contributed by atoms with van der Waals surface area (Å²) >= 11 is 0. The van der Waals surface area contributed by atoms with Crippen molar-refractivity contribution in [2.45, 2.75) is 39.0 Å². The van der Waals surface area contributed by atoms with Crippen molar-refractivity contribution < 1.29 is 14.4 Å². The van der Waals surface area contributed by atoms with E-state index in [-0.39, 0.29) is 11.8 Å². The summed E-state index contributed by atoms with van der Waals surface area (Å²) in [7, 11) is 4.10. The van der Waals surface area contributed by atoms with Gasteiger partial charge >= 0.3 is 5.97 Å². The lowest BCUT2D eigenvalue weighted by molar-refractivity contribution is -0.191. The normalized spacial score (nSPS) is 14.3. The molecule has 1 aliphatic heterocycles. The van der Waals surface area contributed by atoms with Gasteiger partial charge in [-0.3, -0.25) is 9.59 Å². The number of ketones is 1. The molecule has 3 rings (SSSR count). The molecular weight excluding hydrogens is 402 g/mol. The fourth-order valence-corrected chi connectivity index (χ4v) is 4.02. The summed E-state index contributed by atoms with van der Waals surface area (Å²) in [5, 5.41) is 1.74. The summed E-state index contributed by atoms with van der Waals surface area (Å²) < 4.78 is 0. The number of Topliss-reactive ketones (excluding diaryl/α,β-unsaturated/α-hetero) is 1. The minimum absolute atomic E-state index is 0.186. The van der Waals surface area contributed by atoms with E-state index in [0.29, 0.717) is 32.4 Å². The van der Waals surface area contributed by atoms with Crippen LogP contribution in [0.15, 0.2) is 48.5 Å². The molecule has 1 aliphatic rings. The number of carbonyl (C=O) groups excluding carboxylic acids is 2. The van der Waals surface area contributed by atoms with E-state index in [2.05, 4.69) is 72.4 Å². The third kappa shape index (κ3) is 6.82. The highest BCUT2D eigenvalue weighted by atomic mass is 16.7. The zero-order valence-electron chi connectivity index (χ0n) is 19.5. The summed E-state index contributed by atoms with van der Waals surface area (Å²) in [6.45, 7) is 4.81. The molecule has 32 heavy (non-hydrogen) atoms. The van der Waals surface area contributed by atoms with Crippen molar-refractivity contribution in [3.63, 3.8) is 0 Å². The van der Waals surface area contributed by atoms with Crippen molar-refractivity contribution in [3.8, 4) is 0 Å². The van der Waals surface area contributed by atoms with E-state index in [0.717, 1.165) is 37.2 Å². The fraction of sp³-hybridized carbons (Fsp3) is 0.462. The molecule has 0 saturated carbocycles. The Balaban J connectivity index is 1.43. The van der Waals surface area contributed by atoms with Crippen LogP contribution in [0.4, 0.5) is 11.4 Å². The smallest absolute Gasteiger partial charge is 0.324 e. The molecule has 1 fully saturated rings. The maximum Gasteiger partial charge on any atom is 0.324 e. The average molecular weight is 438 g/mol. The third-order valence-corrected chi connectivity index (χ3v) is 5.84. The van der Waals surface area contributed by atoms with E-state index < -0.39 is 0 Å². The topological polar surface area (TPSA) is 53.1 Å². The Hall–Kier alpha value is -2.86. The largest absolute Gasteiger partial charge is 0.377 e. The lowest BCUT2D eigenvalue weighted by Crippen LogP contribution is -2.47.